The third-order valence-corrected chi connectivity index (χ3v) is 3.40. The van der Waals surface area contributed by atoms with Crippen molar-refractivity contribution in [2.24, 2.45) is 0 Å². The van der Waals surface area contributed by atoms with Gasteiger partial charge < -0.3 is 15.3 Å². The Balaban J connectivity index is 2.42. The number of rotatable bonds is 7. The van der Waals surface area contributed by atoms with Crippen LogP contribution in [0.4, 0.5) is 0 Å². The minimum Gasteiger partial charge on any atom is -0.480 e. The molecule has 1 atom stereocenters. The van der Waals surface area contributed by atoms with Gasteiger partial charge in [-0.15, -0.1) is 18.3 Å². The van der Waals surface area contributed by atoms with E-state index in [4.69, 9.17) is 5.11 Å². The Hall–Kier alpha value is -1.50. The lowest BCUT2D eigenvalue weighted by molar-refractivity contribution is -0.142. The molecule has 0 aromatic carbocycles. The van der Waals surface area contributed by atoms with Crippen molar-refractivity contribution in [1.29, 1.82) is 0 Å². The number of nitrogens with one attached hydrogen (secondary N) is 1. The van der Waals surface area contributed by atoms with E-state index in [1.54, 1.807) is 6.08 Å². The molecule has 1 aliphatic rings. The fourth-order valence-corrected chi connectivity index (χ4v) is 2.40. The number of allylic oxidation sites excluding steroid dienone is 1. The van der Waals surface area contributed by atoms with E-state index in [-0.39, 0.29) is 12.5 Å². The van der Waals surface area contributed by atoms with Crippen LogP contribution in [0, 0.1) is 0 Å². The number of carboxylic acid groups (broad SMARTS) is 1. The average Bonchev–Trinajstić information content (AvgIpc) is 2.70. The zero-order chi connectivity index (χ0) is 13.5. The molecule has 1 fully saturated rings. The molecule has 0 bridgehead atoms. The quantitative estimate of drug-likeness (QED) is 0.640. The molecule has 0 spiro atoms. The van der Waals surface area contributed by atoms with Crippen LogP contribution in [0.25, 0.3) is 0 Å². The summed E-state index contributed by atoms with van der Waals surface area (Å²) in [5.74, 6) is -0.745. The zero-order valence-corrected chi connectivity index (χ0v) is 10.7. The van der Waals surface area contributed by atoms with Crippen LogP contribution in [-0.2, 0) is 14.4 Å². The van der Waals surface area contributed by atoms with Gasteiger partial charge in [-0.05, 0) is 12.8 Å². The number of carbonyl (C=O) groups excluding carboxylic acids is 2. The molecule has 1 aliphatic heterocycles. The maximum absolute atomic E-state index is 11.6. The molecule has 0 aliphatic carbocycles. The van der Waals surface area contributed by atoms with Crippen LogP contribution in [0.1, 0.15) is 12.8 Å². The van der Waals surface area contributed by atoms with Crippen LogP contribution in [0.2, 0.25) is 0 Å². The Morgan fingerprint density at radius 2 is 2.33 bits per heavy atom. The number of thioether (sulfide) groups is 1. The maximum atomic E-state index is 11.6. The molecule has 1 rings (SSSR count). The number of hydrogen-bond donors (Lipinski definition) is 2. The van der Waals surface area contributed by atoms with E-state index < -0.39 is 17.9 Å². The lowest BCUT2D eigenvalue weighted by Gasteiger charge is -2.17. The third-order valence-electron chi connectivity index (χ3n) is 2.45. The van der Waals surface area contributed by atoms with Crippen molar-refractivity contribution in [2.45, 2.75) is 18.9 Å². The Morgan fingerprint density at radius 3 is 2.83 bits per heavy atom. The summed E-state index contributed by atoms with van der Waals surface area (Å²) in [6, 6.07) is -0.930. The summed E-state index contributed by atoms with van der Waals surface area (Å²) in [5.41, 5.74) is 0. The van der Waals surface area contributed by atoms with Gasteiger partial charge in [0.15, 0.2) is 0 Å². The van der Waals surface area contributed by atoms with Gasteiger partial charge in [0, 0.05) is 0 Å². The molecule has 2 N–H and O–H groups in total. The second kappa shape index (κ2) is 7.05. The molecule has 6 nitrogen and oxygen atoms in total. The third kappa shape index (κ3) is 4.40. The van der Waals surface area contributed by atoms with E-state index in [1.165, 1.54) is 16.7 Å². The molecule has 0 aromatic heterocycles. The van der Waals surface area contributed by atoms with Gasteiger partial charge in [-0.25, -0.2) is 4.79 Å². The van der Waals surface area contributed by atoms with E-state index in [1.807, 2.05) is 0 Å². The van der Waals surface area contributed by atoms with Crippen LogP contribution < -0.4 is 5.32 Å². The summed E-state index contributed by atoms with van der Waals surface area (Å²) >= 11 is 1.44. The Morgan fingerprint density at radius 1 is 1.61 bits per heavy atom. The first kappa shape index (κ1) is 14.6. The van der Waals surface area contributed by atoms with Gasteiger partial charge in [0.05, 0.1) is 11.6 Å². The predicted molar refractivity (Wildman–Crippen MR) is 68.0 cm³/mol. The van der Waals surface area contributed by atoms with Crippen molar-refractivity contribution in [2.75, 3.05) is 18.2 Å². The number of aliphatic carboxylic acids is 1. The van der Waals surface area contributed by atoms with Crippen molar-refractivity contribution in [3.8, 4) is 0 Å². The van der Waals surface area contributed by atoms with E-state index in [0.717, 1.165) is 0 Å². The summed E-state index contributed by atoms with van der Waals surface area (Å²) in [7, 11) is 0. The largest absolute Gasteiger partial charge is 0.480 e. The van der Waals surface area contributed by atoms with Crippen molar-refractivity contribution < 1.29 is 19.5 Å². The minimum absolute atomic E-state index is 0.0797. The van der Waals surface area contributed by atoms with Crippen LogP contribution in [0.3, 0.4) is 0 Å². The number of carboxylic acids is 1. The van der Waals surface area contributed by atoms with Crippen molar-refractivity contribution in [1.82, 2.24) is 10.2 Å². The van der Waals surface area contributed by atoms with Gasteiger partial charge in [0.1, 0.15) is 12.6 Å². The number of nitrogens with zero attached hydrogens (tertiary/aromatic N) is 1. The predicted octanol–water partition coefficient (Wildman–Crippen LogP) is 0.0549. The van der Waals surface area contributed by atoms with Gasteiger partial charge in [-0.3, -0.25) is 9.59 Å². The Kier molecular flexibility index (Phi) is 5.70. The van der Waals surface area contributed by atoms with E-state index in [0.29, 0.717) is 24.5 Å². The van der Waals surface area contributed by atoms with Crippen molar-refractivity contribution >= 4 is 29.5 Å². The van der Waals surface area contributed by atoms with E-state index in [2.05, 4.69) is 11.9 Å². The van der Waals surface area contributed by atoms with Crippen LogP contribution in [-0.4, -0.2) is 52.0 Å². The lowest BCUT2D eigenvalue weighted by atomic mass is 10.1. The highest BCUT2D eigenvalue weighted by Gasteiger charge is 2.25. The Bertz CT molecular complexity index is 359. The first-order valence-electron chi connectivity index (χ1n) is 5.53. The molecule has 100 valence electrons. The maximum Gasteiger partial charge on any atom is 0.326 e. The summed E-state index contributed by atoms with van der Waals surface area (Å²) in [6.45, 7) is 3.42. The highest BCUT2D eigenvalue weighted by Crippen LogP contribution is 2.14. The summed E-state index contributed by atoms with van der Waals surface area (Å²) in [6.07, 6.45) is 2.41. The fraction of sp³-hybridized carbons (Fsp3) is 0.545. The van der Waals surface area contributed by atoms with Gasteiger partial charge in [-0.1, -0.05) is 6.08 Å². The minimum atomic E-state index is -1.08. The molecule has 18 heavy (non-hydrogen) atoms. The number of amides is 2. The zero-order valence-electron chi connectivity index (χ0n) is 9.92. The summed E-state index contributed by atoms with van der Waals surface area (Å²) < 4.78 is 0. The fourth-order valence-electron chi connectivity index (χ4n) is 1.50. The first-order valence-corrected chi connectivity index (χ1v) is 6.68. The summed E-state index contributed by atoms with van der Waals surface area (Å²) in [4.78, 5) is 35.2. The van der Waals surface area contributed by atoms with Crippen LogP contribution in [0.5, 0.6) is 0 Å². The topological polar surface area (TPSA) is 86.7 Å². The molecule has 1 unspecified atom stereocenters. The van der Waals surface area contributed by atoms with Gasteiger partial charge >= 0.3 is 5.97 Å². The molecule has 0 saturated carbocycles. The monoisotopic (exact) mass is 272 g/mol. The van der Waals surface area contributed by atoms with Crippen molar-refractivity contribution in [3.05, 3.63) is 12.7 Å². The highest BCUT2D eigenvalue weighted by molar-refractivity contribution is 8.00. The van der Waals surface area contributed by atoms with Crippen LogP contribution in [0.15, 0.2) is 12.7 Å². The van der Waals surface area contributed by atoms with Gasteiger partial charge in [0.2, 0.25) is 11.8 Å². The Labute approximate surface area is 109 Å². The molecular formula is C11H16N2O4S. The first-order chi connectivity index (χ1) is 8.54. The lowest BCUT2D eigenvalue weighted by Crippen LogP contribution is -2.45. The highest BCUT2D eigenvalue weighted by atomic mass is 32.2. The second-order valence-corrected chi connectivity index (χ2v) is 4.85. The molecular weight excluding hydrogens is 256 g/mol. The SMILES string of the molecule is C=CCCC(NC(=O)CN1CSCC1=O)C(=O)O. The summed E-state index contributed by atoms with van der Waals surface area (Å²) in [5, 5.41) is 11.3. The molecule has 1 heterocycles. The van der Waals surface area contributed by atoms with Crippen LogP contribution >= 0.6 is 11.8 Å². The molecule has 1 saturated heterocycles. The number of carbonyl (C=O) groups is 3. The van der Waals surface area contributed by atoms with E-state index in [9.17, 15) is 14.4 Å². The molecule has 2 amide bonds. The molecule has 0 aromatic rings. The van der Waals surface area contributed by atoms with Crippen molar-refractivity contribution in [3.63, 3.8) is 0 Å². The average molecular weight is 272 g/mol. The normalized spacial score (nSPS) is 16.4. The molecule has 7 heteroatoms. The van der Waals surface area contributed by atoms with E-state index >= 15 is 0 Å². The standard InChI is InChI=1S/C11H16N2O4S/c1-2-3-4-8(11(16)17)12-9(14)5-13-7-18-6-10(13)15/h2,8H,1,3-7H2,(H,12,14)(H,16,17). The van der Waals surface area contributed by atoms with Gasteiger partial charge in [0.25, 0.3) is 0 Å². The molecule has 0 radical (unpaired) electrons. The number of hydrogen-bond acceptors (Lipinski definition) is 4. The van der Waals surface area contributed by atoms with Gasteiger partial charge in [-0.2, -0.15) is 0 Å². The second-order valence-electron chi connectivity index (χ2n) is 3.89. The smallest absolute Gasteiger partial charge is 0.326 e.